The molecule has 0 bridgehead atoms. The number of nitrogen functional groups attached to an aromatic ring is 1. The molecule has 0 saturated heterocycles. The zero-order valence-corrected chi connectivity index (χ0v) is 12.9. The number of hydrogen-bond donors (Lipinski definition) is 3. The second kappa shape index (κ2) is 7.36. The summed E-state index contributed by atoms with van der Waals surface area (Å²) in [6.45, 7) is 5.73. The molecule has 0 aromatic heterocycles. The normalized spacial score (nSPS) is 10.3. The van der Waals surface area contributed by atoms with E-state index < -0.39 is 17.7 Å². The summed E-state index contributed by atoms with van der Waals surface area (Å²) in [4.78, 5) is 22.2. The van der Waals surface area contributed by atoms with Crippen LogP contribution in [0.4, 0.5) is 10.5 Å². The fourth-order valence-corrected chi connectivity index (χ4v) is 1.54. The Bertz CT molecular complexity index is 621. The van der Waals surface area contributed by atoms with Gasteiger partial charge in [-0.2, -0.15) is 0 Å². The maximum absolute atomic E-state index is 11.4. The van der Waals surface area contributed by atoms with Crippen LogP contribution in [0, 0.1) is 11.8 Å². The number of ether oxygens (including phenoxy) is 1. The van der Waals surface area contributed by atoms with E-state index in [1.807, 2.05) is 0 Å². The number of hydrogen-bond acceptors (Lipinski definition) is 4. The lowest BCUT2D eigenvalue weighted by molar-refractivity contribution is 0.0528. The first-order valence-electron chi connectivity index (χ1n) is 6.77. The fourth-order valence-electron chi connectivity index (χ4n) is 1.54. The predicted octanol–water partition coefficient (Wildman–Crippen LogP) is 2.23. The van der Waals surface area contributed by atoms with Gasteiger partial charge >= 0.3 is 12.1 Å². The van der Waals surface area contributed by atoms with Crippen molar-refractivity contribution in [3.05, 3.63) is 29.3 Å². The minimum atomic E-state index is -1.07. The van der Waals surface area contributed by atoms with Crippen LogP contribution in [0.15, 0.2) is 18.2 Å². The van der Waals surface area contributed by atoms with Gasteiger partial charge in [-0.05, 0) is 39.0 Å². The van der Waals surface area contributed by atoms with Gasteiger partial charge in [0.2, 0.25) is 0 Å². The standard InChI is InChI=1S/C16H20N2O4/c1-16(2,3)22-15(21)18-9-5-4-6-11-7-8-12(14(19)20)13(17)10-11/h7-8,10H,5,9,17H2,1-3H3,(H,18,21)(H,19,20). The molecule has 0 fully saturated rings. The molecule has 0 aliphatic carbocycles. The number of carbonyl (C=O) groups is 2. The highest BCUT2D eigenvalue weighted by Crippen LogP contribution is 2.13. The Morgan fingerprint density at radius 1 is 1.36 bits per heavy atom. The Morgan fingerprint density at radius 2 is 2.05 bits per heavy atom. The average molecular weight is 304 g/mol. The van der Waals surface area contributed by atoms with Gasteiger partial charge in [-0.25, -0.2) is 9.59 Å². The van der Waals surface area contributed by atoms with Gasteiger partial charge in [-0.3, -0.25) is 0 Å². The van der Waals surface area contributed by atoms with Gasteiger partial charge in [-0.15, -0.1) is 0 Å². The predicted molar refractivity (Wildman–Crippen MR) is 83.5 cm³/mol. The minimum Gasteiger partial charge on any atom is -0.478 e. The summed E-state index contributed by atoms with van der Waals surface area (Å²) in [7, 11) is 0. The number of alkyl carbamates (subject to hydrolysis) is 1. The van der Waals surface area contributed by atoms with Crippen molar-refractivity contribution in [1.29, 1.82) is 0 Å². The van der Waals surface area contributed by atoms with E-state index in [0.717, 1.165) is 0 Å². The van der Waals surface area contributed by atoms with Gasteiger partial charge in [0.25, 0.3) is 0 Å². The van der Waals surface area contributed by atoms with Gasteiger partial charge in [0.1, 0.15) is 5.60 Å². The number of nitrogens with two attached hydrogens (primary N) is 1. The van der Waals surface area contributed by atoms with Gasteiger partial charge in [-0.1, -0.05) is 11.8 Å². The summed E-state index contributed by atoms with van der Waals surface area (Å²) in [6.07, 6.45) is -0.0378. The number of rotatable bonds is 3. The Morgan fingerprint density at radius 3 is 2.59 bits per heavy atom. The summed E-state index contributed by atoms with van der Waals surface area (Å²) < 4.78 is 5.08. The zero-order valence-electron chi connectivity index (χ0n) is 12.9. The quantitative estimate of drug-likeness (QED) is 0.451. The van der Waals surface area contributed by atoms with E-state index in [-0.39, 0.29) is 11.3 Å². The molecule has 6 nitrogen and oxygen atoms in total. The summed E-state index contributed by atoms with van der Waals surface area (Å²) in [6, 6.07) is 4.52. The highest BCUT2D eigenvalue weighted by atomic mass is 16.6. The lowest BCUT2D eigenvalue weighted by atomic mass is 10.1. The molecule has 6 heteroatoms. The van der Waals surface area contributed by atoms with Crippen molar-refractivity contribution in [2.45, 2.75) is 32.8 Å². The van der Waals surface area contributed by atoms with E-state index >= 15 is 0 Å². The van der Waals surface area contributed by atoms with Crippen molar-refractivity contribution < 1.29 is 19.4 Å². The summed E-state index contributed by atoms with van der Waals surface area (Å²) in [5.41, 5.74) is 5.95. The van der Waals surface area contributed by atoms with Crippen molar-refractivity contribution in [2.75, 3.05) is 12.3 Å². The number of carbonyl (C=O) groups excluding carboxylic acids is 1. The van der Waals surface area contributed by atoms with Crippen LogP contribution in [-0.4, -0.2) is 29.3 Å². The molecule has 0 aliphatic heterocycles. The third kappa shape index (κ3) is 6.18. The second-order valence-electron chi connectivity index (χ2n) is 5.59. The number of benzene rings is 1. The Labute approximate surface area is 129 Å². The lowest BCUT2D eigenvalue weighted by Crippen LogP contribution is -2.32. The second-order valence-corrected chi connectivity index (χ2v) is 5.59. The molecular formula is C16H20N2O4. The topological polar surface area (TPSA) is 102 Å². The number of amides is 1. The van der Waals surface area contributed by atoms with Crippen LogP contribution in [0.2, 0.25) is 0 Å². The van der Waals surface area contributed by atoms with Crippen LogP contribution >= 0.6 is 0 Å². The van der Waals surface area contributed by atoms with Gasteiger partial charge in [0, 0.05) is 24.2 Å². The van der Waals surface area contributed by atoms with E-state index in [4.69, 9.17) is 15.6 Å². The van der Waals surface area contributed by atoms with E-state index in [2.05, 4.69) is 17.2 Å². The number of carboxylic acids is 1. The zero-order chi connectivity index (χ0) is 16.8. The summed E-state index contributed by atoms with van der Waals surface area (Å²) in [5, 5.41) is 11.5. The Hall–Kier alpha value is -2.68. The third-order valence-corrected chi connectivity index (χ3v) is 2.43. The number of carboxylic acid groups (broad SMARTS) is 1. The molecule has 0 radical (unpaired) electrons. The molecule has 1 aromatic carbocycles. The lowest BCUT2D eigenvalue weighted by Gasteiger charge is -2.19. The SMILES string of the molecule is CC(C)(C)OC(=O)NCCC#Cc1ccc(C(=O)O)c(N)c1. The average Bonchev–Trinajstić information content (AvgIpc) is 2.35. The van der Waals surface area contributed by atoms with Gasteiger partial charge in [0.05, 0.1) is 5.56 Å². The smallest absolute Gasteiger partial charge is 0.407 e. The van der Waals surface area contributed by atoms with Crippen molar-refractivity contribution in [3.63, 3.8) is 0 Å². The van der Waals surface area contributed by atoms with E-state index in [1.54, 1.807) is 26.8 Å². The molecule has 0 saturated carbocycles. The first kappa shape index (κ1) is 17.4. The maximum atomic E-state index is 11.4. The number of anilines is 1. The third-order valence-electron chi connectivity index (χ3n) is 2.43. The van der Waals surface area contributed by atoms with Crippen LogP contribution < -0.4 is 11.1 Å². The molecule has 4 N–H and O–H groups in total. The van der Waals surface area contributed by atoms with Gasteiger partial charge < -0.3 is 20.9 Å². The minimum absolute atomic E-state index is 0.0529. The molecule has 0 aliphatic rings. The molecule has 1 amide bonds. The monoisotopic (exact) mass is 304 g/mol. The maximum Gasteiger partial charge on any atom is 0.407 e. The fraction of sp³-hybridized carbons (Fsp3) is 0.375. The first-order valence-corrected chi connectivity index (χ1v) is 6.77. The molecule has 1 rings (SSSR count). The van der Waals surface area contributed by atoms with Crippen molar-refractivity contribution in [1.82, 2.24) is 5.32 Å². The molecule has 22 heavy (non-hydrogen) atoms. The van der Waals surface area contributed by atoms with Crippen LogP contribution in [0.3, 0.4) is 0 Å². The summed E-state index contributed by atoms with van der Waals surface area (Å²) in [5.74, 6) is 4.66. The van der Waals surface area contributed by atoms with Crippen LogP contribution in [0.25, 0.3) is 0 Å². The van der Waals surface area contributed by atoms with E-state index in [1.165, 1.54) is 12.1 Å². The van der Waals surface area contributed by atoms with Crippen molar-refractivity contribution >= 4 is 17.7 Å². The van der Waals surface area contributed by atoms with Crippen molar-refractivity contribution in [2.24, 2.45) is 0 Å². The Balaban J connectivity index is 2.47. The molecule has 118 valence electrons. The summed E-state index contributed by atoms with van der Waals surface area (Å²) >= 11 is 0. The number of aromatic carboxylic acids is 1. The van der Waals surface area contributed by atoms with E-state index in [0.29, 0.717) is 18.5 Å². The molecule has 0 unspecified atom stereocenters. The molecular weight excluding hydrogens is 284 g/mol. The van der Waals surface area contributed by atoms with E-state index in [9.17, 15) is 9.59 Å². The molecule has 1 aromatic rings. The highest BCUT2D eigenvalue weighted by molar-refractivity contribution is 5.93. The van der Waals surface area contributed by atoms with Gasteiger partial charge in [0.15, 0.2) is 0 Å². The highest BCUT2D eigenvalue weighted by Gasteiger charge is 2.15. The van der Waals surface area contributed by atoms with Crippen LogP contribution in [0.1, 0.15) is 43.1 Å². The molecule has 0 atom stereocenters. The number of nitrogens with one attached hydrogen (secondary N) is 1. The first-order chi connectivity index (χ1) is 10.2. The largest absolute Gasteiger partial charge is 0.478 e. The molecule has 0 spiro atoms. The van der Waals surface area contributed by atoms with Crippen LogP contribution in [0.5, 0.6) is 0 Å². The molecule has 0 heterocycles. The van der Waals surface area contributed by atoms with Crippen molar-refractivity contribution in [3.8, 4) is 11.8 Å². The Kier molecular flexibility index (Phi) is 5.81. The van der Waals surface area contributed by atoms with Crippen LogP contribution in [-0.2, 0) is 4.74 Å².